The van der Waals surface area contributed by atoms with Crippen LogP contribution in [0.2, 0.25) is 0 Å². The molecule has 5 N–H and O–H groups in total. The standard InChI is InChI=1S/C44H54O17/c1-10-11-18(2)14-19(3)41(52)61-39-23(7)58-29(17-42(39,8)53)59-26-12-13-28(57-22(26)6)60-40-36(49)31(21(5)45)37(50)44(55)38(51)32-24(16-43(40,44)54)20(4)30-33(35(32)48)25(46)15-27(56-9)34(30)47/h14-15,18,22-23,26,28-29,39-40,48,50,53-55H,10-13,16-17H2,1-9H3/b19-14+/t18?,22?,23?,26?,28?,29?,39?,40-,42?,43-,44-/m1/s1. The van der Waals surface area contributed by atoms with Gasteiger partial charge in [-0.1, -0.05) is 26.3 Å². The number of phenolic OH excluding ortho intramolecular Hbond substituents is 1. The number of aliphatic hydroxyl groups is 4. The molecule has 0 amide bonds. The van der Waals surface area contributed by atoms with Gasteiger partial charge < -0.3 is 54.0 Å². The molecular formula is C44H54O17. The molecule has 17 nitrogen and oxygen atoms in total. The fraction of sp³-hybridized carbons (Fsp3) is 0.591. The molecule has 17 heteroatoms. The summed E-state index contributed by atoms with van der Waals surface area (Å²) in [6.45, 7) is 12.7. The number of esters is 1. The van der Waals surface area contributed by atoms with Gasteiger partial charge in [-0.25, -0.2) is 4.79 Å². The van der Waals surface area contributed by atoms with Crippen LogP contribution >= 0.6 is 0 Å². The monoisotopic (exact) mass is 854 g/mol. The molecule has 6 rings (SSSR count). The van der Waals surface area contributed by atoms with Crippen LogP contribution in [-0.4, -0.2) is 127 Å². The number of hydrogen-bond acceptors (Lipinski definition) is 17. The molecule has 3 aliphatic carbocycles. The number of ether oxygens (including phenoxy) is 6. The van der Waals surface area contributed by atoms with Crippen LogP contribution in [0.25, 0.3) is 0 Å². The van der Waals surface area contributed by atoms with E-state index in [-0.39, 0.29) is 47.6 Å². The predicted octanol–water partition coefficient (Wildman–Crippen LogP) is 3.27. The Kier molecular flexibility index (Phi) is 12.5. The van der Waals surface area contributed by atoms with Crippen molar-refractivity contribution in [1.82, 2.24) is 0 Å². The molecule has 0 radical (unpaired) electrons. The lowest BCUT2D eigenvalue weighted by atomic mass is 9.58. The van der Waals surface area contributed by atoms with Crippen molar-refractivity contribution in [1.29, 1.82) is 0 Å². The van der Waals surface area contributed by atoms with Gasteiger partial charge >= 0.3 is 5.97 Å². The second-order valence-corrected chi connectivity index (χ2v) is 17.1. The Bertz CT molecular complexity index is 2160. The van der Waals surface area contributed by atoms with E-state index in [1.54, 1.807) is 20.8 Å². The van der Waals surface area contributed by atoms with Crippen LogP contribution in [0.1, 0.15) is 123 Å². The fourth-order valence-corrected chi connectivity index (χ4v) is 9.38. The van der Waals surface area contributed by atoms with Crippen molar-refractivity contribution in [3.8, 4) is 5.75 Å². The molecule has 2 heterocycles. The van der Waals surface area contributed by atoms with Gasteiger partial charge in [0.25, 0.3) is 0 Å². The maximum absolute atomic E-state index is 14.4. The molecule has 61 heavy (non-hydrogen) atoms. The zero-order valence-electron chi connectivity index (χ0n) is 35.7. The summed E-state index contributed by atoms with van der Waals surface area (Å²) in [5.41, 5.74) is -10.6. The number of carbonyl (C=O) groups excluding carboxylic acids is 6. The van der Waals surface area contributed by atoms with Crippen LogP contribution < -0.4 is 0 Å². The molecule has 2 aliphatic heterocycles. The number of methoxy groups -OCH3 is 1. The Balaban J connectivity index is 1.22. The maximum Gasteiger partial charge on any atom is 0.333 e. The van der Waals surface area contributed by atoms with Crippen LogP contribution in [0.3, 0.4) is 0 Å². The molecule has 2 fully saturated rings. The number of fused-ring (bicyclic) bond motifs is 3. The second kappa shape index (κ2) is 16.6. The van der Waals surface area contributed by atoms with E-state index in [1.807, 2.05) is 13.0 Å². The Labute approximate surface area is 352 Å². The maximum atomic E-state index is 14.4. The molecule has 0 saturated carbocycles. The highest BCUT2D eigenvalue weighted by Crippen LogP contribution is 2.52. The van der Waals surface area contributed by atoms with Crippen LogP contribution in [0.15, 0.2) is 34.8 Å². The average molecular weight is 855 g/mol. The summed E-state index contributed by atoms with van der Waals surface area (Å²) in [5, 5.41) is 58.8. The van der Waals surface area contributed by atoms with Crippen molar-refractivity contribution in [2.45, 2.75) is 154 Å². The van der Waals surface area contributed by atoms with Crippen LogP contribution in [0.5, 0.6) is 5.75 Å². The molecular weight excluding hydrogens is 800 g/mol. The highest BCUT2D eigenvalue weighted by molar-refractivity contribution is 6.29. The first-order valence-corrected chi connectivity index (χ1v) is 20.4. The number of benzene rings is 1. The first kappa shape index (κ1) is 45.9. The normalized spacial score (nSPS) is 34.6. The number of phenols is 1. The van der Waals surface area contributed by atoms with Crippen molar-refractivity contribution < 1.29 is 82.7 Å². The number of allylic oxidation sites excluding steroid dienone is 3. The molecule has 8 unspecified atom stereocenters. The highest BCUT2D eigenvalue weighted by Gasteiger charge is 2.71. The largest absolute Gasteiger partial charge is 0.508 e. The van der Waals surface area contributed by atoms with Gasteiger partial charge in [0, 0.05) is 36.5 Å². The summed E-state index contributed by atoms with van der Waals surface area (Å²) in [5.74, 6) is -8.89. The Morgan fingerprint density at radius 2 is 1.62 bits per heavy atom. The van der Waals surface area contributed by atoms with E-state index in [1.165, 1.54) is 13.8 Å². The van der Waals surface area contributed by atoms with E-state index in [9.17, 15) is 54.3 Å². The third-order valence-corrected chi connectivity index (χ3v) is 12.5. The minimum absolute atomic E-state index is 0.0139. The molecule has 5 aliphatic rings. The van der Waals surface area contributed by atoms with Crippen LogP contribution in [0.4, 0.5) is 0 Å². The Morgan fingerprint density at radius 1 is 0.967 bits per heavy atom. The van der Waals surface area contributed by atoms with E-state index in [0.717, 1.165) is 33.0 Å². The number of hydrogen-bond donors (Lipinski definition) is 5. The van der Waals surface area contributed by atoms with Crippen molar-refractivity contribution in [3.05, 3.63) is 62.6 Å². The zero-order chi connectivity index (χ0) is 45.3. The fourth-order valence-electron chi connectivity index (χ4n) is 9.38. The molecule has 1 aromatic rings. The van der Waals surface area contributed by atoms with Crippen LogP contribution in [0, 0.1) is 12.8 Å². The number of Topliss-reactive ketones (excluding diaryl/α,β-unsaturated/α-hetero) is 4. The Hall–Kier alpha value is -4.62. The summed E-state index contributed by atoms with van der Waals surface area (Å²) >= 11 is 0. The third kappa shape index (κ3) is 7.57. The smallest absolute Gasteiger partial charge is 0.333 e. The van der Waals surface area contributed by atoms with E-state index < -0.39 is 129 Å². The molecule has 0 aromatic heterocycles. The number of aliphatic hydroxyl groups excluding tert-OH is 1. The molecule has 332 valence electrons. The Morgan fingerprint density at radius 3 is 2.21 bits per heavy atom. The van der Waals surface area contributed by atoms with Crippen molar-refractivity contribution in [3.63, 3.8) is 0 Å². The second-order valence-electron chi connectivity index (χ2n) is 17.1. The molecule has 0 bridgehead atoms. The van der Waals surface area contributed by atoms with Gasteiger partial charge in [0.1, 0.15) is 28.3 Å². The van der Waals surface area contributed by atoms with E-state index in [4.69, 9.17) is 28.4 Å². The summed E-state index contributed by atoms with van der Waals surface area (Å²) in [6, 6.07) is 0. The summed E-state index contributed by atoms with van der Waals surface area (Å²) in [6.07, 6.45) is -4.07. The van der Waals surface area contributed by atoms with Gasteiger partial charge in [0.15, 0.2) is 42.1 Å². The number of rotatable bonds is 11. The van der Waals surface area contributed by atoms with E-state index >= 15 is 0 Å². The minimum Gasteiger partial charge on any atom is -0.508 e. The first-order chi connectivity index (χ1) is 28.4. The van der Waals surface area contributed by atoms with Gasteiger partial charge in [-0.3, -0.25) is 24.0 Å². The summed E-state index contributed by atoms with van der Waals surface area (Å²) in [4.78, 5) is 80.7. The molecule has 0 spiro atoms. The lowest BCUT2D eigenvalue weighted by molar-refractivity contribution is -0.316. The first-order valence-electron chi connectivity index (χ1n) is 20.4. The lowest BCUT2D eigenvalue weighted by Crippen LogP contribution is -2.74. The van der Waals surface area contributed by atoms with Gasteiger partial charge in [-0.05, 0) is 71.4 Å². The predicted molar refractivity (Wildman–Crippen MR) is 210 cm³/mol. The van der Waals surface area contributed by atoms with E-state index in [2.05, 4.69) is 6.92 Å². The minimum atomic E-state index is -3.47. The topological polar surface area (TPSA) is 259 Å². The lowest BCUT2D eigenvalue weighted by Gasteiger charge is -2.52. The summed E-state index contributed by atoms with van der Waals surface area (Å²) < 4.78 is 35.2. The molecule has 1 aromatic carbocycles. The van der Waals surface area contributed by atoms with Gasteiger partial charge in [0.2, 0.25) is 23.0 Å². The number of ketones is 5. The molecule has 11 atom stereocenters. The highest BCUT2D eigenvalue weighted by atomic mass is 16.7. The zero-order valence-corrected chi connectivity index (χ0v) is 35.7. The summed E-state index contributed by atoms with van der Waals surface area (Å²) in [7, 11) is 1.15. The number of carbonyl (C=O) groups is 6. The van der Waals surface area contributed by atoms with Crippen molar-refractivity contribution in [2.75, 3.05) is 7.11 Å². The average Bonchev–Trinajstić information content (AvgIpc) is 3.17. The number of aromatic hydroxyl groups is 1. The van der Waals surface area contributed by atoms with E-state index in [0.29, 0.717) is 5.57 Å². The molecule has 2 saturated heterocycles. The van der Waals surface area contributed by atoms with Crippen molar-refractivity contribution >= 4 is 34.9 Å². The van der Waals surface area contributed by atoms with Crippen molar-refractivity contribution in [2.24, 2.45) is 5.92 Å². The van der Waals surface area contributed by atoms with Gasteiger partial charge in [-0.15, -0.1) is 0 Å². The van der Waals surface area contributed by atoms with Crippen LogP contribution in [-0.2, 0) is 49.2 Å². The third-order valence-electron chi connectivity index (χ3n) is 12.5. The SMILES string of the molecule is CCCC(C)/C=C(\C)C(=O)OC1C(C)OC(OC2CCC(O[C@@H]3C(=O)C(C(C)=O)=C(O)[C@@]4(O)C(=O)c5c(O)c6c(c(C)c5C[C@@]34O)C(=O)C(OC)=CC6=O)OC2C)CC1(C)O. The quantitative estimate of drug-likeness (QED) is 0.122. The van der Waals surface area contributed by atoms with Gasteiger partial charge in [0.05, 0.1) is 36.5 Å². The van der Waals surface area contributed by atoms with Gasteiger partial charge in [-0.2, -0.15) is 0 Å².